The lowest BCUT2D eigenvalue weighted by Gasteiger charge is -2.18. The van der Waals surface area contributed by atoms with Gasteiger partial charge in [0, 0.05) is 31.2 Å². The number of anilines is 1. The van der Waals surface area contributed by atoms with Crippen LogP contribution in [0.15, 0.2) is 16.6 Å². The molecule has 1 amide bonds. The van der Waals surface area contributed by atoms with E-state index in [2.05, 4.69) is 15.9 Å². The van der Waals surface area contributed by atoms with Crippen LogP contribution < -0.4 is 4.90 Å². The van der Waals surface area contributed by atoms with Crippen molar-refractivity contribution >= 4 is 56.0 Å². The van der Waals surface area contributed by atoms with Crippen molar-refractivity contribution in [2.24, 2.45) is 0 Å². The van der Waals surface area contributed by atoms with E-state index in [1.54, 1.807) is 0 Å². The molecule has 1 aromatic carbocycles. The van der Waals surface area contributed by atoms with Crippen LogP contribution in [-0.4, -0.2) is 22.8 Å². The fraction of sp³-hybridized carbons (Fsp3) is 0.333. The average molecular weight is 367 g/mol. The molecule has 1 fully saturated rings. The topological polar surface area (TPSA) is 37.4 Å². The first-order valence-corrected chi connectivity index (χ1v) is 7.55. The second-order valence-electron chi connectivity index (χ2n) is 4.16. The van der Waals surface area contributed by atoms with Gasteiger partial charge < -0.3 is 4.90 Å². The van der Waals surface area contributed by atoms with Gasteiger partial charge in [-0.2, -0.15) is 0 Å². The summed E-state index contributed by atoms with van der Waals surface area (Å²) in [7, 11) is 0. The number of hydrogen-bond donors (Lipinski definition) is 0. The maximum atomic E-state index is 13.5. The summed E-state index contributed by atoms with van der Waals surface area (Å²) in [5, 5.41) is 0.163. The molecule has 0 bridgehead atoms. The van der Waals surface area contributed by atoms with E-state index in [0.29, 0.717) is 17.3 Å². The van der Waals surface area contributed by atoms with Gasteiger partial charge in [0.25, 0.3) is 0 Å². The Labute approximate surface area is 127 Å². The molecular weight excluding hydrogens is 357 g/mol. The highest BCUT2D eigenvalue weighted by Gasteiger charge is 2.33. The molecule has 0 aromatic heterocycles. The number of amides is 1. The lowest BCUT2D eigenvalue weighted by atomic mass is 10.3. The number of rotatable bonds is 2. The summed E-state index contributed by atoms with van der Waals surface area (Å²) in [6.07, 6.45) is 0.262. The third-order valence-electron chi connectivity index (χ3n) is 2.70. The van der Waals surface area contributed by atoms with Crippen molar-refractivity contribution in [2.45, 2.75) is 18.6 Å². The summed E-state index contributed by atoms with van der Waals surface area (Å²) in [4.78, 5) is 24.4. The molecule has 1 aliphatic rings. The SMILES string of the molecule is CC(=O)SC1CC(=O)N(c2cc(F)c(Br)cc2Cl)C1. The highest BCUT2D eigenvalue weighted by atomic mass is 79.9. The zero-order chi connectivity index (χ0) is 14.2. The Bertz CT molecular complexity index is 555. The van der Waals surface area contributed by atoms with Crippen molar-refractivity contribution in [3.63, 3.8) is 0 Å². The van der Waals surface area contributed by atoms with Gasteiger partial charge in [0.1, 0.15) is 5.82 Å². The van der Waals surface area contributed by atoms with Gasteiger partial charge in [-0.25, -0.2) is 4.39 Å². The Hall–Kier alpha value is -0.590. The molecule has 1 atom stereocenters. The van der Waals surface area contributed by atoms with Gasteiger partial charge >= 0.3 is 0 Å². The Kier molecular flexibility index (Phi) is 4.53. The summed E-state index contributed by atoms with van der Waals surface area (Å²) in [5.41, 5.74) is 0.346. The van der Waals surface area contributed by atoms with Crippen LogP contribution in [0.4, 0.5) is 10.1 Å². The molecule has 7 heteroatoms. The lowest BCUT2D eigenvalue weighted by Crippen LogP contribution is -2.25. The Morgan fingerprint density at radius 2 is 2.26 bits per heavy atom. The standard InChI is InChI=1S/C12H10BrClFNO2S/c1-6(17)19-7-2-12(18)16(5-7)11-4-10(15)8(13)3-9(11)14/h3-4,7H,2,5H2,1H3. The summed E-state index contributed by atoms with van der Waals surface area (Å²) >= 11 is 10.2. The number of halogens is 3. The first-order chi connectivity index (χ1) is 8.88. The summed E-state index contributed by atoms with van der Waals surface area (Å²) in [6, 6.07) is 2.65. The predicted molar refractivity (Wildman–Crippen MR) is 78.1 cm³/mol. The highest BCUT2D eigenvalue weighted by molar-refractivity contribution is 9.10. The summed E-state index contributed by atoms with van der Waals surface area (Å²) in [6.45, 7) is 1.83. The van der Waals surface area contributed by atoms with Crippen LogP contribution in [0.1, 0.15) is 13.3 Å². The van der Waals surface area contributed by atoms with Crippen LogP contribution >= 0.6 is 39.3 Å². The number of hydrogen-bond acceptors (Lipinski definition) is 3. The van der Waals surface area contributed by atoms with E-state index in [9.17, 15) is 14.0 Å². The molecule has 1 heterocycles. The second kappa shape index (κ2) is 5.81. The van der Waals surface area contributed by atoms with Crippen LogP contribution in [0.2, 0.25) is 5.02 Å². The molecule has 2 rings (SSSR count). The van der Waals surface area contributed by atoms with E-state index in [0.717, 1.165) is 11.8 Å². The Morgan fingerprint density at radius 1 is 1.58 bits per heavy atom. The molecular formula is C12H10BrClFNO2S. The van der Waals surface area contributed by atoms with Crippen LogP contribution in [0.5, 0.6) is 0 Å². The molecule has 3 nitrogen and oxygen atoms in total. The smallest absolute Gasteiger partial charge is 0.228 e. The summed E-state index contributed by atoms with van der Waals surface area (Å²) < 4.78 is 13.8. The molecule has 0 saturated carbocycles. The molecule has 0 radical (unpaired) electrons. The fourth-order valence-electron chi connectivity index (χ4n) is 1.94. The van der Waals surface area contributed by atoms with Gasteiger partial charge in [-0.3, -0.25) is 9.59 Å². The van der Waals surface area contributed by atoms with Gasteiger partial charge in [0.2, 0.25) is 5.91 Å². The zero-order valence-electron chi connectivity index (χ0n) is 9.95. The Morgan fingerprint density at radius 3 is 2.89 bits per heavy atom. The molecule has 19 heavy (non-hydrogen) atoms. The van der Waals surface area contributed by atoms with E-state index in [1.807, 2.05) is 0 Å². The maximum Gasteiger partial charge on any atom is 0.228 e. The van der Waals surface area contributed by atoms with Gasteiger partial charge in [-0.15, -0.1) is 0 Å². The van der Waals surface area contributed by atoms with Gasteiger partial charge in [0.15, 0.2) is 5.12 Å². The molecule has 1 unspecified atom stereocenters. The van der Waals surface area contributed by atoms with Gasteiger partial charge in [-0.05, 0) is 22.0 Å². The minimum atomic E-state index is -0.477. The zero-order valence-corrected chi connectivity index (χ0v) is 13.1. The van der Waals surface area contributed by atoms with Crippen molar-refractivity contribution in [1.29, 1.82) is 0 Å². The minimum absolute atomic E-state index is 0.0345. The molecule has 0 aliphatic carbocycles. The first-order valence-electron chi connectivity index (χ1n) is 5.50. The lowest BCUT2D eigenvalue weighted by molar-refractivity contribution is -0.117. The maximum absolute atomic E-state index is 13.5. The molecule has 0 spiro atoms. The molecule has 0 N–H and O–H groups in total. The Balaban J connectivity index is 2.25. The number of carbonyl (C=O) groups is 2. The van der Waals surface area contributed by atoms with E-state index >= 15 is 0 Å². The molecule has 1 saturated heterocycles. The van der Waals surface area contributed by atoms with E-state index < -0.39 is 5.82 Å². The van der Waals surface area contributed by atoms with Crippen LogP contribution in [-0.2, 0) is 9.59 Å². The van der Waals surface area contributed by atoms with Gasteiger partial charge in [-0.1, -0.05) is 23.4 Å². The third kappa shape index (κ3) is 3.30. The number of nitrogens with zero attached hydrogens (tertiary/aromatic N) is 1. The fourth-order valence-corrected chi connectivity index (χ4v) is 3.60. The van der Waals surface area contributed by atoms with Crippen molar-refractivity contribution in [1.82, 2.24) is 0 Å². The number of thioether (sulfide) groups is 1. The molecule has 1 aromatic rings. The molecule has 102 valence electrons. The second-order valence-corrected chi connectivity index (χ2v) is 6.90. The number of benzene rings is 1. The van der Waals surface area contributed by atoms with Gasteiger partial charge in [0.05, 0.1) is 15.2 Å². The van der Waals surface area contributed by atoms with E-state index in [-0.39, 0.29) is 27.2 Å². The molecule has 1 aliphatic heterocycles. The largest absolute Gasteiger partial charge is 0.310 e. The first kappa shape index (κ1) is 14.8. The highest BCUT2D eigenvalue weighted by Crippen LogP contribution is 2.35. The van der Waals surface area contributed by atoms with Crippen molar-refractivity contribution < 1.29 is 14.0 Å². The van der Waals surface area contributed by atoms with E-state index in [1.165, 1.54) is 24.0 Å². The van der Waals surface area contributed by atoms with Crippen LogP contribution in [0.3, 0.4) is 0 Å². The summed E-state index contributed by atoms with van der Waals surface area (Å²) in [5.74, 6) is -0.628. The monoisotopic (exact) mass is 365 g/mol. The van der Waals surface area contributed by atoms with Crippen molar-refractivity contribution in [3.8, 4) is 0 Å². The number of carbonyl (C=O) groups excluding carboxylic acids is 2. The normalized spacial score (nSPS) is 19.1. The van der Waals surface area contributed by atoms with Crippen molar-refractivity contribution in [3.05, 3.63) is 27.4 Å². The quantitative estimate of drug-likeness (QED) is 0.750. The van der Waals surface area contributed by atoms with Crippen LogP contribution in [0.25, 0.3) is 0 Å². The van der Waals surface area contributed by atoms with E-state index in [4.69, 9.17) is 11.6 Å². The minimum Gasteiger partial charge on any atom is -0.310 e. The predicted octanol–water partition coefficient (Wildman–Crippen LogP) is 3.63. The van der Waals surface area contributed by atoms with Crippen LogP contribution in [0, 0.1) is 5.82 Å². The third-order valence-corrected chi connectivity index (χ3v) is 4.59. The average Bonchev–Trinajstić information content (AvgIpc) is 2.63. The van der Waals surface area contributed by atoms with Crippen molar-refractivity contribution in [2.75, 3.05) is 11.4 Å².